The van der Waals surface area contributed by atoms with Gasteiger partial charge in [-0.1, -0.05) is 53.7 Å². The highest BCUT2D eigenvalue weighted by Gasteiger charge is 2.62. The van der Waals surface area contributed by atoms with Crippen molar-refractivity contribution in [2.45, 2.75) is 112 Å². The first-order chi connectivity index (χ1) is 16.5. The molecule has 35 heavy (non-hydrogen) atoms. The molecule has 0 aromatic carbocycles. The molecule has 0 heterocycles. The number of ketones is 1. The molecule has 0 amide bonds. The van der Waals surface area contributed by atoms with Crippen LogP contribution < -0.4 is 0 Å². The molecule has 0 unspecified atom stereocenters. The van der Waals surface area contributed by atoms with Crippen molar-refractivity contribution in [1.82, 2.24) is 0 Å². The molecule has 0 bridgehead atoms. The monoisotopic (exact) mass is 486 g/mol. The largest absolute Gasteiger partial charge is 0.459 e. The van der Waals surface area contributed by atoms with E-state index in [1.165, 1.54) is 19.8 Å². The molecule has 0 saturated heterocycles. The molecule has 198 valence electrons. The summed E-state index contributed by atoms with van der Waals surface area (Å²) in [6, 6.07) is 0. The van der Waals surface area contributed by atoms with E-state index in [1.807, 2.05) is 0 Å². The zero-order valence-corrected chi connectivity index (χ0v) is 23.3. The second-order valence-electron chi connectivity index (χ2n) is 13.5. The molecule has 11 atom stereocenters. The van der Waals surface area contributed by atoms with Crippen LogP contribution in [0.2, 0.25) is 0 Å². The van der Waals surface area contributed by atoms with Crippen molar-refractivity contribution in [2.24, 2.45) is 58.2 Å². The zero-order valence-electron chi connectivity index (χ0n) is 23.3. The highest BCUT2D eigenvalue weighted by Crippen LogP contribution is 2.67. The molecule has 4 aliphatic rings. The number of ether oxygens (including phenoxy) is 1. The Hall–Kier alpha value is -1.16. The summed E-state index contributed by atoms with van der Waals surface area (Å²) in [6.07, 6.45) is 11.7. The zero-order chi connectivity index (χ0) is 25.7. The molecule has 3 saturated carbocycles. The van der Waals surface area contributed by atoms with E-state index in [-0.39, 0.29) is 34.6 Å². The fraction of sp³-hybridized carbons (Fsp3) is 0.871. The summed E-state index contributed by atoms with van der Waals surface area (Å²) in [6.45, 7) is 14.9. The van der Waals surface area contributed by atoms with Gasteiger partial charge in [0.2, 0.25) is 0 Å². The molecule has 4 heteroatoms. The number of fused-ring (bicyclic) bond motifs is 5. The van der Waals surface area contributed by atoms with Gasteiger partial charge in [-0.05, 0) is 91.3 Å². The Morgan fingerprint density at radius 1 is 1.11 bits per heavy atom. The van der Waals surface area contributed by atoms with Crippen LogP contribution in [0.25, 0.3) is 0 Å². The third-order valence-electron chi connectivity index (χ3n) is 11.6. The molecular formula is C31H50O4. The van der Waals surface area contributed by atoms with Gasteiger partial charge >= 0.3 is 5.97 Å². The number of rotatable bonds is 7. The number of aliphatic hydroxyl groups excluding tert-OH is 1. The van der Waals surface area contributed by atoms with Crippen molar-refractivity contribution in [3.63, 3.8) is 0 Å². The number of carbonyl (C=O) groups is 2. The molecule has 1 N–H and O–H groups in total. The van der Waals surface area contributed by atoms with E-state index in [2.05, 4.69) is 53.7 Å². The number of aliphatic hydroxyl groups is 1. The average molecular weight is 487 g/mol. The van der Waals surface area contributed by atoms with E-state index in [4.69, 9.17) is 4.74 Å². The van der Waals surface area contributed by atoms with Gasteiger partial charge < -0.3 is 9.84 Å². The predicted molar refractivity (Wildman–Crippen MR) is 139 cm³/mol. The Kier molecular flexibility index (Phi) is 7.65. The van der Waals surface area contributed by atoms with Crippen LogP contribution in [-0.2, 0) is 14.3 Å². The summed E-state index contributed by atoms with van der Waals surface area (Å²) in [7, 11) is 0. The maximum atomic E-state index is 13.3. The Labute approximate surface area is 213 Å². The van der Waals surface area contributed by atoms with Crippen molar-refractivity contribution >= 4 is 11.8 Å². The van der Waals surface area contributed by atoms with E-state index in [1.54, 1.807) is 0 Å². The Bertz CT molecular complexity index is 832. The molecule has 0 radical (unpaired) electrons. The third-order valence-corrected chi connectivity index (χ3v) is 11.6. The third kappa shape index (κ3) is 4.44. The van der Waals surface area contributed by atoms with Crippen molar-refractivity contribution in [2.75, 3.05) is 0 Å². The molecule has 4 rings (SSSR count). The van der Waals surface area contributed by atoms with Crippen LogP contribution in [-0.4, -0.2) is 29.1 Å². The van der Waals surface area contributed by atoms with Gasteiger partial charge in [-0.25, -0.2) is 0 Å². The lowest BCUT2D eigenvalue weighted by Gasteiger charge is -2.59. The highest BCUT2D eigenvalue weighted by molar-refractivity contribution is 5.83. The van der Waals surface area contributed by atoms with Gasteiger partial charge in [-0.15, -0.1) is 0 Å². The Morgan fingerprint density at radius 2 is 1.80 bits per heavy atom. The number of allylic oxidation sites excluding steroid dienone is 2. The van der Waals surface area contributed by atoms with Crippen LogP contribution in [0.15, 0.2) is 12.2 Å². The normalized spacial score (nSPS) is 42.0. The number of hydrogen-bond acceptors (Lipinski definition) is 4. The van der Waals surface area contributed by atoms with Crippen molar-refractivity contribution in [3.05, 3.63) is 12.2 Å². The minimum absolute atomic E-state index is 0.0546. The van der Waals surface area contributed by atoms with Crippen molar-refractivity contribution in [3.8, 4) is 0 Å². The first-order valence-corrected chi connectivity index (χ1v) is 14.5. The smallest absolute Gasteiger partial charge is 0.303 e. The average Bonchev–Trinajstić information content (AvgIpc) is 3.15. The van der Waals surface area contributed by atoms with E-state index in [9.17, 15) is 14.7 Å². The van der Waals surface area contributed by atoms with E-state index < -0.39 is 12.2 Å². The van der Waals surface area contributed by atoms with Gasteiger partial charge in [-0.3, -0.25) is 9.59 Å². The molecule has 0 aliphatic heterocycles. The lowest BCUT2D eigenvalue weighted by atomic mass is 9.45. The van der Waals surface area contributed by atoms with Crippen molar-refractivity contribution < 1.29 is 19.4 Å². The van der Waals surface area contributed by atoms with Crippen LogP contribution in [0.4, 0.5) is 0 Å². The van der Waals surface area contributed by atoms with Crippen LogP contribution in [0.1, 0.15) is 99.8 Å². The SMILES string of the molecule is CC[C@@H](C(C)C)[C@@H](OC(C)=O)[C@H](O)[C@@H](C)[C@H]1CC[C@H]2[C@@H]3CC(=O)[C@H]4CC=CC[C@]4(C)[C@H]3CC[C@]12C. The maximum Gasteiger partial charge on any atom is 0.303 e. The topological polar surface area (TPSA) is 63.6 Å². The minimum Gasteiger partial charge on any atom is -0.459 e. The molecule has 3 fully saturated rings. The summed E-state index contributed by atoms with van der Waals surface area (Å²) in [5, 5.41) is 11.7. The first kappa shape index (κ1) is 26.9. The molecule has 0 spiro atoms. The second-order valence-corrected chi connectivity index (χ2v) is 13.5. The minimum atomic E-state index is -0.664. The van der Waals surface area contributed by atoms with Gasteiger partial charge in [0.1, 0.15) is 11.9 Å². The molecular weight excluding hydrogens is 436 g/mol. The second kappa shape index (κ2) is 9.95. The maximum absolute atomic E-state index is 13.3. The summed E-state index contributed by atoms with van der Waals surface area (Å²) < 4.78 is 5.81. The highest BCUT2D eigenvalue weighted by atomic mass is 16.6. The lowest BCUT2D eigenvalue weighted by Crippen LogP contribution is -2.56. The molecule has 0 aromatic rings. The van der Waals surface area contributed by atoms with Gasteiger partial charge in [0.25, 0.3) is 0 Å². The quantitative estimate of drug-likeness (QED) is 0.325. The molecule has 4 aliphatic carbocycles. The standard InChI is InChI=1S/C31H50O4/c1-8-21(18(2)3)29(35-20(5)32)28(34)19(4)23-12-13-24-22-17-27(33)26-11-9-10-15-30(26,6)25(22)14-16-31(23,24)7/h9-10,18-19,21-26,28-29,34H,8,11-17H2,1-7H3/t19-,21-,22-,23+,24-,25-,26+,28+,29+,30+,31+/m0/s1. The number of hydrogen-bond donors (Lipinski definition) is 1. The first-order valence-electron chi connectivity index (χ1n) is 14.5. The molecule has 4 nitrogen and oxygen atoms in total. The van der Waals surface area contributed by atoms with E-state index in [0.29, 0.717) is 35.4 Å². The number of Topliss-reactive ketones (excluding diaryl/α,β-unsaturated/α-hetero) is 1. The summed E-state index contributed by atoms with van der Waals surface area (Å²) in [5.74, 6) is 2.98. The van der Waals surface area contributed by atoms with Gasteiger partial charge in [0.15, 0.2) is 0 Å². The summed E-state index contributed by atoms with van der Waals surface area (Å²) >= 11 is 0. The van der Waals surface area contributed by atoms with Crippen LogP contribution in [0.5, 0.6) is 0 Å². The summed E-state index contributed by atoms with van der Waals surface area (Å²) in [5.41, 5.74) is 0.251. The Morgan fingerprint density at radius 3 is 2.43 bits per heavy atom. The summed E-state index contributed by atoms with van der Waals surface area (Å²) in [4.78, 5) is 25.3. The predicted octanol–water partition coefficient (Wildman–Crippen LogP) is 6.60. The van der Waals surface area contributed by atoms with E-state index in [0.717, 1.165) is 38.5 Å². The van der Waals surface area contributed by atoms with Gasteiger partial charge in [0, 0.05) is 25.2 Å². The molecule has 0 aromatic heterocycles. The van der Waals surface area contributed by atoms with E-state index >= 15 is 0 Å². The van der Waals surface area contributed by atoms with Crippen LogP contribution in [0, 0.1) is 58.2 Å². The van der Waals surface area contributed by atoms with Gasteiger partial charge in [-0.2, -0.15) is 0 Å². The van der Waals surface area contributed by atoms with Crippen LogP contribution >= 0.6 is 0 Å². The fourth-order valence-corrected chi connectivity index (χ4v) is 9.78. The van der Waals surface area contributed by atoms with Gasteiger partial charge in [0.05, 0.1) is 6.10 Å². The van der Waals surface area contributed by atoms with Crippen molar-refractivity contribution in [1.29, 1.82) is 0 Å². The fourth-order valence-electron chi connectivity index (χ4n) is 9.78. The number of carbonyl (C=O) groups excluding carboxylic acids is 2. The Balaban J connectivity index is 1.57. The lowest BCUT2D eigenvalue weighted by molar-refractivity contribution is -0.166. The number of esters is 1. The van der Waals surface area contributed by atoms with Crippen LogP contribution in [0.3, 0.4) is 0 Å².